The number of piperidine rings is 1. The van der Waals surface area contributed by atoms with Crippen LogP contribution in [-0.4, -0.2) is 78.9 Å². The summed E-state index contributed by atoms with van der Waals surface area (Å²) in [4.78, 5) is 33.1. The van der Waals surface area contributed by atoms with Crippen LogP contribution in [0.2, 0.25) is 0 Å². The van der Waals surface area contributed by atoms with Gasteiger partial charge in [0.1, 0.15) is 0 Å². The van der Waals surface area contributed by atoms with E-state index in [1.54, 1.807) is 0 Å². The van der Waals surface area contributed by atoms with E-state index in [4.69, 9.17) is 0 Å². The van der Waals surface area contributed by atoms with Crippen LogP contribution in [0.25, 0.3) is 0 Å². The van der Waals surface area contributed by atoms with E-state index < -0.39 is 5.41 Å². The number of fused-ring (bicyclic) bond motifs is 1. The van der Waals surface area contributed by atoms with Crippen molar-refractivity contribution in [1.29, 1.82) is 0 Å². The Morgan fingerprint density at radius 1 is 1.14 bits per heavy atom. The molecule has 0 aromatic heterocycles. The molecule has 2 heterocycles. The normalized spacial score (nSPS) is 29.6. The quantitative estimate of drug-likeness (QED) is 0.693. The number of likely N-dealkylation sites (N-methyl/N-ethyl adjacent to an activating group) is 1. The second-order valence-corrected chi connectivity index (χ2v) is 9.52. The van der Waals surface area contributed by atoms with Crippen LogP contribution in [0.4, 0.5) is 0 Å². The molecule has 0 spiro atoms. The molecule has 6 heteroatoms. The largest absolute Gasteiger partial charge is 0.355 e. The van der Waals surface area contributed by atoms with Crippen LogP contribution in [0.15, 0.2) is 11.8 Å². The molecule has 1 N–H and O–H groups in total. The maximum absolute atomic E-state index is 13.4. The summed E-state index contributed by atoms with van der Waals surface area (Å²) >= 11 is 0. The molecule has 2 amide bonds. The number of amides is 2. The smallest absolute Gasteiger partial charge is 0.232 e. The number of allylic oxidation sites excluding steroid dienone is 1. The fraction of sp³-hybridized carbons (Fsp3) is 0.826. The van der Waals surface area contributed by atoms with E-state index in [0.29, 0.717) is 18.9 Å². The highest BCUT2D eigenvalue weighted by molar-refractivity contribution is 5.91. The molecule has 0 aromatic carbocycles. The van der Waals surface area contributed by atoms with Gasteiger partial charge in [0.25, 0.3) is 0 Å². The van der Waals surface area contributed by atoms with Crippen LogP contribution in [0.1, 0.15) is 64.2 Å². The first-order valence-corrected chi connectivity index (χ1v) is 11.8. The lowest BCUT2D eigenvalue weighted by atomic mass is 9.68. The lowest BCUT2D eigenvalue weighted by Gasteiger charge is -2.48. The third kappa shape index (κ3) is 4.38. The van der Waals surface area contributed by atoms with Crippen molar-refractivity contribution < 1.29 is 9.59 Å². The molecule has 4 rings (SSSR count). The summed E-state index contributed by atoms with van der Waals surface area (Å²) in [6.45, 7) is 6.30. The third-order valence-electron chi connectivity index (χ3n) is 7.59. The highest BCUT2D eigenvalue weighted by Crippen LogP contribution is 2.48. The highest BCUT2D eigenvalue weighted by Gasteiger charge is 2.51. The SMILES string of the molecule is CN1CCN(CCCNC(=O)C23CCCC=C2N(C2CCCC2)C(=O)CC3)CC1. The van der Waals surface area contributed by atoms with Crippen LogP contribution in [-0.2, 0) is 9.59 Å². The van der Waals surface area contributed by atoms with Crippen LogP contribution < -0.4 is 5.32 Å². The zero-order valence-electron chi connectivity index (χ0n) is 18.1. The van der Waals surface area contributed by atoms with Gasteiger partial charge in [-0.25, -0.2) is 0 Å². The molecular weight excluding hydrogens is 364 g/mol. The van der Waals surface area contributed by atoms with Crippen molar-refractivity contribution in [2.75, 3.05) is 46.3 Å². The van der Waals surface area contributed by atoms with Gasteiger partial charge in [0.15, 0.2) is 0 Å². The third-order valence-corrected chi connectivity index (χ3v) is 7.59. The summed E-state index contributed by atoms with van der Waals surface area (Å²) in [5.41, 5.74) is 0.575. The number of hydrogen-bond acceptors (Lipinski definition) is 4. The minimum Gasteiger partial charge on any atom is -0.355 e. The zero-order chi connectivity index (χ0) is 20.3. The molecule has 4 aliphatic rings. The molecule has 2 aliphatic carbocycles. The van der Waals surface area contributed by atoms with E-state index >= 15 is 0 Å². The molecule has 1 unspecified atom stereocenters. The Bertz CT molecular complexity index is 635. The summed E-state index contributed by atoms with van der Waals surface area (Å²) < 4.78 is 0. The number of nitrogens with one attached hydrogen (secondary N) is 1. The van der Waals surface area contributed by atoms with Crippen molar-refractivity contribution in [2.45, 2.75) is 70.3 Å². The molecule has 2 aliphatic heterocycles. The van der Waals surface area contributed by atoms with Gasteiger partial charge >= 0.3 is 0 Å². The van der Waals surface area contributed by atoms with Gasteiger partial charge in [0, 0.05) is 50.9 Å². The van der Waals surface area contributed by atoms with Crippen LogP contribution in [0, 0.1) is 5.41 Å². The Morgan fingerprint density at radius 2 is 1.90 bits per heavy atom. The maximum Gasteiger partial charge on any atom is 0.232 e. The van der Waals surface area contributed by atoms with Crippen LogP contribution in [0.3, 0.4) is 0 Å². The fourth-order valence-electron chi connectivity index (χ4n) is 5.77. The molecule has 162 valence electrons. The number of carbonyl (C=O) groups is 2. The lowest BCUT2D eigenvalue weighted by Crippen LogP contribution is -2.55. The Kier molecular flexibility index (Phi) is 6.60. The first-order valence-electron chi connectivity index (χ1n) is 11.8. The molecule has 0 radical (unpaired) electrons. The fourth-order valence-corrected chi connectivity index (χ4v) is 5.77. The monoisotopic (exact) mass is 402 g/mol. The van der Waals surface area contributed by atoms with E-state index in [1.165, 1.54) is 12.8 Å². The predicted molar refractivity (Wildman–Crippen MR) is 114 cm³/mol. The number of nitrogens with zero attached hydrogens (tertiary/aromatic N) is 3. The van der Waals surface area contributed by atoms with Gasteiger partial charge in [-0.3, -0.25) is 9.59 Å². The van der Waals surface area contributed by atoms with Crippen LogP contribution in [0.5, 0.6) is 0 Å². The second kappa shape index (κ2) is 9.17. The van der Waals surface area contributed by atoms with E-state index in [1.807, 2.05) is 0 Å². The standard InChI is InChI=1S/C23H38N4O2/c1-25-15-17-26(18-16-25)14-6-13-24-22(29)23-11-5-4-9-20(23)27(21(28)10-12-23)19-7-2-3-8-19/h9,19H,2-8,10-18H2,1H3,(H,24,29). The Labute approximate surface area is 175 Å². The average molecular weight is 403 g/mol. The van der Waals surface area contributed by atoms with Gasteiger partial charge in [-0.15, -0.1) is 0 Å². The maximum atomic E-state index is 13.4. The Hall–Kier alpha value is -1.40. The van der Waals surface area contributed by atoms with Crippen LogP contribution >= 0.6 is 0 Å². The van der Waals surface area contributed by atoms with Gasteiger partial charge < -0.3 is 20.0 Å². The number of carbonyl (C=O) groups excluding carboxylic acids is 2. The Balaban J connectivity index is 1.36. The molecule has 1 saturated carbocycles. The van der Waals surface area contributed by atoms with Gasteiger partial charge in [0.2, 0.25) is 11.8 Å². The minimum absolute atomic E-state index is 0.164. The van der Waals surface area contributed by atoms with Crippen molar-refractivity contribution in [3.8, 4) is 0 Å². The molecule has 0 aromatic rings. The first kappa shape index (κ1) is 20.9. The lowest BCUT2D eigenvalue weighted by molar-refractivity contribution is -0.142. The summed E-state index contributed by atoms with van der Waals surface area (Å²) in [6.07, 6.45) is 11.9. The summed E-state index contributed by atoms with van der Waals surface area (Å²) in [7, 11) is 2.18. The first-order chi connectivity index (χ1) is 14.1. The summed E-state index contributed by atoms with van der Waals surface area (Å²) in [6, 6.07) is 0.316. The molecule has 3 fully saturated rings. The Morgan fingerprint density at radius 3 is 2.66 bits per heavy atom. The predicted octanol–water partition coefficient (Wildman–Crippen LogP) is 2.36. The molecule has 2 saturated heterocycles. The van der Waals surface area contributed by atoms with Crippen molar-refractivity contribution in [1.82, 2.24) is 20.0 Å². The van der Waals surface area contributed by atoms with E-state index in [0.717, 1.165) is 83.5 Å². The number of piperazine rings is 1. The molecule has 29 heavy (non-hydrogen) atoms. The highest BCUT2D eigenvalue weighted by atomic mass is 16.2. The summed E-state index contributed by atoms with van der Waals surface area (Å²) in [5.74, 6) is 0.404. The van der Waals surface area contributed by atoms with Gasteiger partial charge in [-0.1, -0.05) is 18.9 Å². The number of hydrogen-bond donors (Lipinski definition) is 1. The van der Waals surface area contributed by atoms with E-state index in [-0.39, 0.29) is 11.8 Å². The number of likely N-dealkylation sites (tertiary alicyclic amines) is 1. The van der Waals surface area contributed by atoms with Crippen molar-refractivity contribution in [3.63, 3.8) is 0 Å². The van der Waals surface area contributed by atoms with Crippen molar-refractivity contribution >= 4 is 11.8 Å². The van der Waals surface area contributed by atoms with Gasteiger partial charge in [-0.2, -0.15) is 0 Å². The van der Waals surface area contributed by atoms with E-state index in [2.05, 4.69) is 33.1 Å². The van der Waals surface area contributed by atoms with Crippen molar-refractivity contribution in [3.05, 3.63) is 11.8 Å². The molecular formula is C23H38N4O2. The van der Waals surface area contributed by atoms with E-state index in [9.17, 15) is 9.59 Å². The summed E-state index contributed by atoms with van der Waals surface area (Å²) in [5, 5.41) is 3.26. The topological polar surface area (TPSA) is 55.9 Å². The molecule has 1 atom stereocenters. The number of rotatable bonds is 6. The minimum atomic E-state index is -0.470. The molecule has 6 nitrogen and oxygen atoms in total. The van der Waals surface area contributed by atoms with Gasteiger partial charge in [0.05, 0.1) is 5.41 Å². The van der Waals surface area contributed by atoms with Crippen molar-refractivity contribution in [2.24, 2.45) is 5.41 Å². The second-order valence-electron chi connectivity index (χ2n) is 9.52. The zero-order valence-corrected chi connectivity index (χ0v) is 18.1. The molecule has 0 bridgehead atoms. The van der Waals surface area contributed by atoms with Gasteiger partial charge in [-0.05, 0) is 58.5 Å². The average Bonchev–Trinajstić information content (AvgIpc) is 3.26.